The minimum absolute atomic E-state index is 0.0857. The van der Waals surface area contributed by atoms with E-state index in [2.05, 4.69) is 5.32 Å². The van der Waals surface area contributed by atoms with E-state index in [1.807, 2.05) is 0 Å². The third-order valence-corrected chi connectivity index (χ3v) is 3.86. The van der Waals surface area contributed by atoms with Crippen molar-refractivity contribution in [1.29, 1.82) is 0 Å². The summed E-state index contributed by atoms with van der Waals surface area (Å²) in [5.74, 6) is -4.13. The first-order valence-corrected chi connectivity index (χ1v) is 8.20. The predicted molar refractivity (Wildman–Crippen MR) is 92.2 cm³/mol. The van der Waals surface area contributed by atoms with Crippen molar-refractivity contribution in [3.05, 3.63) is 83.1 Å². The highest BCUT2D eigenvalue weighted by Crippen LogP contribution is 2.35. The van der Waals surface area contributed by atoms with E-state index in [9.17, 15) is 31.5 Å². The van der Waals surface area contributed by atoms with Gasteiger partial charge >= 0.3 is 6.18 Å². The summed E-state index contributed by atoms with van der Waals surface area (Å²) in [6.45, 7) is 0. The molecule has 150 valence electrons. The Morgan fingerprint density at radius 3 is 2.41 bits per heavy atom. The number of ketones is 1. The fourth-order valence-corrected chi connectivity index (χ4v) is 2.51. The predicted octanol–water partition coefficient (Wildman–Crippen LogP) is 4.92. The summed E-state index contributed by atoms with van der Waals surface area (Å²) in [5, 5.41) is 2.31. The Labute approximate surface area is 161 Å². The molecule has 4 nitrogen and oxygen atoms in total. The summed E-state index contributed by atoms with van der Waals surface area (Å²) >= 11 is 0. The van der Waals surface area contributed by atoms with Gasteiger partial charge in [-0.15, -0.1) is 0 Å². The van der Waals surface area contributed by atoms with Crippen molar-refractivity contribution in [1.82, 2.24) is 5.32 Å². The van der Waals surface area contributed by atoms with Crippen LogP contribution in [-0.4, -0.2) is 11.7 Å². The van der Waals surface area contributed by atoms with Crippen molar-refractivity contribution in [2.45, 2.75) is 12.6 Å². The van der Waals surface area contributed by atoms with Crippen LogP contribution >= 0.6 is 0 Å². The molecule has 0 radical (unpaired) electrons. The lowest BCUT2D eigenvalue weighted by molar-refractivity contribution is -0.137. The number of alkyl halides is 3. The molecule has 9 heteroatoms. The highest BCUT2D eigenvalue weighted by Gasteiger charge is 2.32. The van der Waals surface area contributed by atoms with E-state index in [1.54, 1.807) is 0 Å². The summed E-state index contributed by atoms with van der Waals surface area (Å²) in [7, 11) is 0. The van der Waals surface area contributed by atoms with E-state index < -0.39 is 40.6 Å². The molecule has 0 unspecified atom stereocenters. The molecule has 1 aliphatic carbocycles. The lowest BCUT2D eigenvalue weighted by atomic mass is 10.1. The third kappa shape index (κ3) is 4.87. The van der Waals surface area contributed by atoms with Crippen molar-refractivity contribution in [2.24, 2.45) is 0 Å². The number of halogens is 5. The highest BCUT2D eigenvalue weighted by molar-refractivity contribution is 6.00. The first-order valence-electron chi connectivity index (χ1n) is 8.20. The maximum atomic E-state index is 13.9. The van der Waals surface area contributed by atoms with E-state index in [0.717, 1.165) is 24.3 Å². The Balaban J connectivity index is 1.98. The van der Waals surface area contributed by atoms with Crippen molar-refractivity contribution in [2.75, 3.05) is 0 Å². The number of ether oxygens (including phenoxy) is 1. The van der Waals surface area contributed by atoms with Crippen molar-refractivity contribution in [3.63, 3.8) is 0 Å². The third-order valence-electron chi connectivity index (χ3n) is 3.86. The molecule has 0 fully saturated rings. The molecule has 2 aromatic carbocycles. The van der Waals surface area contributed by atoms with Gasteiger partial charge < -0.3 is 10.1 Å². The van der Waals surface area contributed by atoms with E-state index in [4.69, 9.17) is 4.74 Å². The molecule has 0 saturated heterocycles. The molecule has 3 rings (SSSR count). The molecule has 0 spiro atoms. The Morgan fingerprint density at radius 1 is 1.03 bits per heavy atom. The molecular formula is C20H12F5NO3. The number of rotatable bonds is 4. The smallest absolute Gasteiger partial charge is 0.416 e. The van der Waals surface area contributed by atoms with Crippen LogP contribution in [0.25, 0.3) is 0 Å². The lowest BCUT2D eigenvalue weighted by Crippen LogP contribution is -2.24. The van der Waals surface area contributed by atoms with Gasteiger partial charge in [0.15, 0.2) is 17.3 Å². The van der Waals surface area contributed by atoms with E-state index in [-0.39, 0.29) is 23.7 Å². The standard InChI is InChI=1S/C20H12F5NO3/c21-12-5-7-18(16(22)9-12)29-17-6-4-11(20(23,24)25)8-15(17)19(28)26-13-2-1-3-14(27)10-13/h1-2,4-10H,3H2,(H,26,28). The summed E-state index contributed by atoms with van der Waals surface area (Å²) in [5.41, 5.74) is -1.59. The summed E-state index contributed by atoms with van der Waals surface area (Å²) in [4.78, 5) is 24.0. The molecule has 0 aliphatic heterocycles. The van der Waals surface area contributed by atoms with Crippen LogP contribution in [0.1, 0.15) is 22.3 Å². The minimum Gasteiger partial charge on any atom is -0.453 e. The lowest BCUT2D eigenvalue weighted by Gasteiger charge is -2.15. The van der Waals surface area contributed by atoms with Crippen LogP contribution in [0, 0.1) is 11.6 Å². The van der Waals surface area contributed by atoms with Crippen molar-refractivity contribution >= 4 is 11.7 Å². The van der Waals surface area contributed by atoms with Crippen LogP contribution in [0.4, 0.5) is 22.0 Å². The molecule has 0 aromatic heterocycles. The number of nitrogens with one attached hydrogen (secondary N) is 1. The second-order valence-electron chi connectivity index (χ2n) is 6.01. The average Bonchev–Trinajstić information content (AvgIpc) is 2.63. The molecule has 1 amide bonds. The van der Waals surface area contributed by atoms with E-state index in [1.165, 1.54) is 12.2 Å². The van der Waals surface area contributed by atoms with Gasteiger partial charge in [0.05, 0.1) is 11.1 Å². The van der Waals surface area contributed by atoms with Gasteiger partial charge in [-0.25, -0.2) is 8.78 Å². The molecule has 1 aliphatic rings. The maximum absolute atomic E-state index is 13.9. The first kappa shape index (κ1) is 20.2. The van der Waals surface area contributed by atoms with Crippen LogP contribution in [0.5, 0.6) is 11.5 Å². The molecule has 0 atom stereocenters. The van der Waals surface area contributed by atoms with Gasteiger partial charge in [-0.1, -0.05) is 6.08 Å². The van der Waals surface area contributed by atoms with Crippen LogP contribution in [0.2, 0.25) is 0 Å². The Kier molecular flexibility index (Phi) is 5.49. The highest BCUT2D eigenvalue weighted by atomic mass is 19.4. The Hall–Kier alpha value is -3.49. The van der Waals surface area contributed by atoms with Crippen molar-refractivity contribution in [3.8, 4) is 11.5 Å². The number of benzene rings is 2. The normalized spacial score (nSPS) is 13.8. The minimum atomic E-state index is -4.74. The molecular weight excluding hydrogens is 397 g/mol. The molecule has 0 heterocycles. The Morgan fingerprint density at radius 2 is 1.76 bits per heavy atom. The Bertz CT molecular complexity index is 1040. The monoisotopic (exact) mass is 409 g/mol. The number of allylic oxidation sites excluding steroid dienone is 3. The van der Waals surface area contributed by atoms with E-state index in [0.29, 0.717) is 18.2 Å². The summed E-state index contributed by atoms with van der Waals surface area (Å²) < 4.78 is 71.3. The SMILES string of the molecule is O=C1C=C(NC(=O)c2cc(C(F)(F)F)ccc2Oc2ccc(F)cc2F)C=CC1. The van der Waals surface area contributed by atoms with Crippen LogP contribution in [0.15, 0.2) is 60.3 Å². The number of hydrogen-bond acceptors (Lipinski definition) is 3. The van der Waals surface area contributed by atoms with Gasteiger partial charge in [-0.3, -0.25) is 9.59 Å². The molecule has 29 heavy (non-hydrogen) atoms. The average molecular weight is 409 g/mol. The number of carbonyl (C=O) groups excluding carboxylic acids is 2. The van der Waals surface area contributed by atoms with Crippen LogP contribution in [-0.2, 0) is 11.0 Å². The van der Waals surface area contributed by atoms with Gasteiger partial charge in [0, 0.05) is 24.3 Å². The number of hydrogen-bond donors (Lipinski definition) is 1. The van der Waals surface area contributed by atoms with Crippen LogP contribution in [0.3, 0.4) is 0 Å². The topological polar surface area (TPSA) is 55.4 Å². The van der Waals surface area contributed by atoms with Crippen LogP contribution < -0.4 is 10.1 Å². The zero-order valence-electron chi connectivity index (χ0n) is 14.5. The fourth-order valence-electron chi connectivity index (χ4n) is 2.51. The molecule has 2 aromatic rings. The molecule has 0 bridgehead atoms. The fraction of sp³-hybridized carbons (Fsp3) is 0.100. The quantitative estimate of drug-likeness (QED) is 0.730. The van der Waals surface area contributed by atoms with E-state index >= 15 is 0 Å². The summed E-state index contributed by atoms with van der Waals surface area (Å²) in [6.07, 6.45) is -0.566. The van der Waals surface area contributed by atoms with Gasteiger partial charge in [0.25, 0.3) is 5.91 Å². The first-order chi connectivity index (χ1) is 13.6. The molecule has 0 saturated carbocycles. The van der Waals surface area contributed by atoms with Crippen molar-refractivity contribution < 1.29 is 36.3 Å². The largest absolute Gasteiger partial charge is 0.453 e. The van der Waals surface area contributed by atoms with Gasteiger partial charge in [-0.05, 0) is 36.4 Å². The van der Waals surface area contributed by atoms with Gasteiger partial charge in [0.1, 0.15) is 11.6 Å². The van der Waals surface area contributed by atoms with Gasteiger partial charge in [-0.2, -0.15) is 13.2 Å². The summed E-state index contributed by atoms with van der Waals surface area (Å²) in [6, 6.07) is 4.43. The number of carbonyl (C=O) groups is 2. The zero-order valence-corrected chi connectivity index (χ0v) is 14.5. The zero-order chi connectivity index (χ0) is 21.2. The van der Waals surface area contributed by atoms with Gasteiger partial charge in [0.2, 0.25) is 0 Å². The maximum Gasteiger partial charge on any atom is 0.416 e. The second-order valence-corrected chi connectivity index (χ2v) is 6.01. The second kappa shape index (κ2) is 7.86. The number of amides is 1. The molecule has 1 N–H and O–H groups in total.